The first kappa shape index (κ1) is 77.0. The van der Waals surface area contributed by atoms with Crippen LogP contribution in [0.2, 0.25) is 0 Å². The van der Waals surface area contributed by atoms with Crippen LogP contribution in [0.4, 0.5) is 0 Å². The van der Waals surface area contributed by atoms with Gasteiger partial charge in [-0.15, -0.1) is 10.6 Å². The van der Waals surface area contributed by atoms with Crippen LogP contribution < -0.4 is 70.1 Å². The third-order valence-corrected chi connectivity index (χ3v) is 13.6. The number of hydrazone groups is 1. The van der Waals surface area contributed by atoms with Crippen LogP contribution in [0.5, 0.6) is 0 Å². The fourth-order valence-electron chi connectivity index (χ4n) is 8.82. The smallest absolute Gasteiger partial charge is 0.317 e. The van der Waals surface area contributed by atoms with Gasteiger partial charge in [0.1, 0.15) is 42.7 Å². The fraction of sp³-hybridized carbons (Fsp3) is 0.709. The van der Waals surface area contributed by atoms with E-state index in [1.165, 1.54) is 77.4 Å². The van der Waals surface area contributed by atoms with Gasteiger partial charge in [0.05, 0.1) is 64.6 Å². The van der Waals surface area contributed by atoms with Gasteiger partial charge >= 0.3 is 11.9 Å². The van der Waals surface area contributed by atoms with Crippen LogP contribution in [0.3, 0.4) is 0 Å². The zero-order valence-corrected chi connectivity index (χ0v) is 51.1. The minimum absolute atomic E-state index is 0.0132. The van der Waals surface area contributed by atoms with Gasteiger partial charge in [0.2, 0.25) is 59.1 Å². The number of aliphatic hydroxyl groups is 1. The number of nitrogens with one attached hydrogen (secondary N) is 13. The summed E-state index contributed by atoms with van der Waals surface area (Å²) in [5.41, 5.74) is 13.9. The molecule has 0 bridgehead atoms. The highest BCUT2D eigenvalue weighted by Gasteiger charge is 2.34. The number of rotatable bonds is 53. The molecule has 0 spiro atoms. The van der Waals surface area contributed by atoms with Crippen molar-refractivity contribution in [3.05, 3.63) is 18.2 Å². The number of amidine groups is 1. The zero-order valence-electron chi connectivity index (χ0n) is 51.1. The normalized spacial score (nSPS) is 13.4. The quantitative estimate of drug-likeness (QED) is 0.0278. The minimum atomic E-state index is -1.72. The Morgan fingerprint density at radius 2 is 1.17 bits per heavy atom. The molecule has 502 valence electrons. The first-order chi connectivity index (χ1) is 42.7. The number of amides is 10. The van der Waals surface area contributed by atoms with E-state index in [-0.39, 0.29) is 44.3 Å². The van der Waals surface area contributed by atoms with Gasteiger partial charge in [-0.05, 0) is 25.7 Å². The second-order valence-electron chi connectivity index (χ2n) is 21.1. The predicted molar refractivity (Wildman–Crippen MR) is 320 cm³/mol. The van der Waals surface area contributed by atoms with Crippen molar-refractivity contribution in [3.8, 4) is 0 Å². The topological polar surface area (TPSA) is 499 Å². The molecule has 0 aromatic carbocycles. The molecule has 0 radical (unpaired) electrons. The number of aromatic amines is 1. The van der Waals surface area contributed by atoms with Crippen LogP contribution in [0.1, 0.15) is 141 Å². The average Bonchev–Trinajstić information content (AvgIpc) is 4.40. The number of nitrogens with zero attached hydrogens (tertiary/aromatic N) is 3. The van der Waals surface area contributed by atoms with Crippen LogP contribution in [-0.4, -0.2) is 217 Å². The van der Waals surface area contributed by atoms with Crippen molar-refractivity contribution in [1.29, 1.82) is 0 Å². The maximum atomic E-state index is 14.2. The Kier molecular flexibility index (Phi) is 40.7. The highest BCUT2D eigenvalue weighted by molar-refractivity contribution is 5.97. The van der Waals surface area contributed by atoms with Gasteiger partial charge in [0, 0.05) is 52.0 Å². The summed E-state index contributed by atoms with van der Waals surface area (Å²) in [5, 5.41) is 54.4. The summed E-state index contributed by atoms with van der Waals surface area (Å²) in [5.74, 6) is -10.4. The van der Waals surface area contributed by atoms with Crippen molar-refractivity contribution < 1.29 is 82.3 Å². The third kappa shape index (κ3) is 37.4. The highest BCUT2D eigenvalue weighted by Crippen LogP contribution is 2.14. The molecule has 0 saturated heterocycles. The van der Waals surface area contributed by atoms with Gasteiger partial charge < -0.3 is 83.4 Å². The monoisotopic (exact) mass is 1270 g/mol. The molecular formula is C55H95N17O17. The number of imidazole rings is 1. The van der Waals surface area contributed by atoms with Crippen LogP contribution in [0.25, 0.3) is 0 Å². The van der Waals surface area contributed by atoms with E-state index in [1.807, 2.05) is 6.92 Å². The SMILES string of the molecule is CCCCC(NC(=O)C(CNC(=O)CN(CC(=O)O)CC(=O)O)NC(=O)C(Cc1c[nH]cn1)NC(=O)C(CCC(N)=O)NC(=O)C(CO)NC(=O)CNC(=O)COCCOCCNC(=O)CCCCCCCCCCCCCCCC1=NNNN1)C(=O)NC. The van der Waals surface area contributed by atoms with E-state index in [0.717, 1.165) is 42.8 Å². The lowest BCUT2D eigenvalue weighted by Crippen LogP contribution is -2.61. The minimum Gasteiger partial charge on any atom is -0.480 e. The van der Waals surface area contributed by atoms with Crippen molar-refractivity contribution in [3.63, 3.8) is 0 Å². The van der Waals surface area contributed by atoms with Crippen LogP contribution in [-0.2, 0) is 73.4 Å². The number of ether oxygens (including phenoxy) is 2. The number of carbonyl (C=O) groups excluding carboxylic acids is 10. The Morgan fingerprint density at radius 1 is 0.596 bits per heavy atom. The average molecular weight is 1270 g/mol. The number of unbranched alkanes of at least 4 members (excludes halogenated alkanes) is 13. The molecular weight excluding hydrogens is 1170 g/mol. The van der Waals surface area contributed by atoms with E-state index < -0.39 is 154 Å². The summed E-state index contributed by atoms with van der Waals surface area (Å²) < 4.78 is 10.7. The summed E-state index contributed by atoms with van der Waals surface area (Å²) in [4.78, 5) is 161. The Bertz CT molecular complexity index is 2370. The molecule has 89 heavy (non-hydrogen) atoms. The molecule has 1 aromatic rings. The Morgan fingerprint density at radius 3 is 1.74 bits per heavy atom. The molecule has 5 atom stereocenters. The number of carboxylic acids is 2. The Balaban J connectivity index is 1.86. The van der Waals surface area contributed by atoms with Crippen molar-refractivity contribution >= 4 is 76.8 Å². The van der Waals surface area contributed by atoms with E-state index in [1.54, 1.807) is 0 Å². The van der Waals surface area contributed by atoms with Gasteiger partial charge in [0.25, 0.3) is 0 Å². The molecule has 1 aliphatic rings. The number of carbonyl (C=O) groups is 12. The summed E-state index contributed by atoms with van der Waals surface area (Å²) >= 11 is 0. The third-order valence-electron chi connectivity index (χ3n) is 13.6. The van der Waals surface area contributed by atoms with E-state index in [2.05, 4.69) is 79.4 Å². The van der Waals surface area contributed by atoms with Crippen molar-refractivity contribution in [2.45, 2.75) is 172 Å². The van der Waals surface area contributed by atoms with Crippen LogP contribution in [0, 0.1) is 0 Å². The Hall–Kier alpha value is -8.08. The molecule has 34 nitrogen and oxygen atoms in total. The number of aliphatic hydroxyl groups excluding tert-OH is 1. The first-order valence-electron chi connectivity index (χ1n) is 30.3. The summed E-state index contributed by atoms with van der Waals surface area (Å²) in [7, 11) is 1.33. The molecule has 34 heteroatoms. The van der Waals surface area contributed by atoms with Gasteiger partial charge in [-0.1, -0.05) is 90.4 Å². The molecule has 0 saturated carbocycles. The number of aliphatic carboxylic acids is 2. The molecule has 1 aliphatic heterocycles. The van der Waals surface area contributed by atoms with Crippen molar-refractivity contribution in [2.24, 2.45) is 10.8 Å². The zero-order chi connectivity index (χ0) is 65.6. The van der Waals surface area contributed by atoms with Gasteiger partial charge in [-0.2, -0.15) is 0 Å². The van der Waals surface area contributed by atoms with Gasteiger partial charge in [-0.3, -0.25) is 67.9 Å². The van der Waals surface area contributed by atoms with E-state index in [0.29, 0.717) is 25.8 Å². The molecule has 0 fully saturated rings. The number of H-pyrrole nitrogens is 1. The lowest BCUT2D eigenvalue weighted by atomic mass is 10.0. The standard InChI is InChI=1S/C55H95N17O17/c1-3-4-18-38(51(83)57-2)64-54(86)41(29-60-47(77)31-72(32-49(79)80)33-50(81)82)67-53(85)40(27-37-28-58-36-62-37)66-52(84)39(21-22-43(56)74)65-55(87)42(34-73)63-46(76)30-61-48(78)35-89-26-25-88-24-23-59-45(75)20-17-15-13-11-9-7-5-6-8-10-12-14-16-19-44-68-70-71-69-44/h28,36,38-42,70-71,73H,3-27,29-35H2,1-2H3,(H2,56,74)(H,57,83)(H,58,62)(H,59,75)(H,60,77)(H,61,78)(H,63,76)(H,64,86)(H,65,87)(H,66,84)(H,67,85)(H,68,69)(H,79,80)(H,81,82). The molecule has 1 aromatic heterocycles. The fourth-order valence-corrected chi connectivity index (χ4v) is 8.82. The lowest BCUT2D eigenvalue weighted by molar-refractivity contribution is -0.142. The Labute approximate surface area is 517 Å². The molecule has 18 N–H and O–H groups in total. The number of hydrogen-bond acceptors (Lipinski definition) is 21. The number of hydrogen-bond donors (Lipinski definition) is 17. The number of aromatic nitrogens is 2. The molecule has 5 unspecified atom stereocenters. The summed E-state index contributed by atoms with van der Waals surface area (Å²) in [6, 6.07) is -7.88. The van der Waals surface area contributed by atoms with Crippen LogP contribution in [0.15, 0.2) is 17.6 Å². The van der Waals surface area contributed by atoms with Gasteiger partial charge in [-0.25, -0.2) is 10.5 Å². The van der Waals surface area contributed by atoms with E-state index in [4.69, 9.17) is 15.2 Å². The van der Waals surface area contributed by atoms with Crippen molar-refractivity contribution in [1.82, 2.24) is 79.2 Å². The number of likely N-dealkylation sites (N-methyl/N-ethyl adjacent to an activating group) is 1. The molecule has 2 rings (SSSR count). The second kappa shape index (κ2) is 47.0. The number of nitrogens with two attached hydrogens (primary N) is 1. The van der Waals surface area contributed by atoms with Crippen LogP contribution >= 0.6 is 0 Å². The van der Waals surface area contributed by atoms with Gasteiger partial charge in [0.15, 0.2) is 0 Å². The molecule has 0 aliphatic carbocycles. The molecule has 2 heterocycles. The largest absolute Gasteiger partial charge is 0.480 e. The highest BCUT2D eigenvalue weighted by atomic mass is 16.5. The number of primary amides is 1. The molecule has 10 amide bonds. The maximum absolute atomic E-state index is 14.2. The lowest BCUT2D eigenvalue weighted by Gasteiger charge is -2.27. The van der Waals surface area contributed by atoms with E-state index in [9.17, 15) is 72.9 Å². The number of carboxylic acid groups (broad SMARTS) is 2. The van der Waals surface area contributed by atoms with E-state index >= 15 is 0 Å². The maximum Gasteiger partial charge on any atom is 0.317 e. The summed E-state index contributed by atoms with van der Waals surface area (Å²) in [6.45, 7) is -2.81. The summed E-state index contributed by atoms with van der Waals surface area (Å²) in [6.07, 6.45) is 19.2. The number of hydrazine groups is 2. The predicted octanol–water partition coefficient (Wildman–Crippen LogP) is -3.80. The first-order valence-corrected chi connectivity index (χ1v) is 30.3. The second-order valence-corrected chi connectivity index (χ2v) is 21.1. The van der Waals surface area contributed by atoms with Crippen molar-refractivity contribution in [2.75, 3.05) is 79.4 Å².